The van der Waals surface area contributed by atoms with Gasteiger partial charge in [0.25, 0.3) is 5.91 Å². The predicted molar refractivity (Wildman–Crippen MR) is 135 cm³/mol. The minimum Gasteiger partial charge on any atom is -0.396 e. The molecule has 176 valence electrons. The molecule has 0 saturated carbocycles. The van der Waals surface area contributed by atoms with Crippen LogP contribution in [0.15, 0.2) is 54.7 Å². The first kappa shape index (κ1) is 25.0. The summed E-state index contributed by atoms with van der Waals surface area (Å²) in [5, 5.41) is 23.9. The van der Waals surface area contributed by atoms with E-state index in [0.29, 0.717) is 38.6 Å². The molecule has 0 aliphatic carbocycles. The molecule has 0 aliphatic rings. The summed E-state index contributed by atoms with van der Waals surface area (Å²) in [7, 11) is 1.54. The van der Waals surface area contributed by atoms with Gasteiger partial charge in [-0.05, 0) is 37.1 Å². The van der Waals surface area contributed by atoms with Crippen molar-refractivity contribution >= 4 is 46.3 Å². The first-order valence-electron chi connectivity index (χ1n) is 10.3. The molecule has 4 aromatic rings. The number of aryl methyl sites for hydroxylation is 1. The molecule has 0 fully saturated rings. The zero-order chi connectivity index (χ0) is 24.5. The lowest BCUT2D eigenvalue weighted by Gasteiger charge is -2.09. The highest BCUT2D eigenvalue weighted by Gasteiger charge is 2.13. The molecule has 1 amide bonds. The average molecular weight is 498 g/mol. The lowest BCUT2D eigenvalue weighted by molar-refractivity contribution is 0.0963. The van der Waals surface area contributed by atoms with Crippen molar-refractivity contribution in [2.75, 3.05) is 24.7 Å². The van der Waals surface area contributed by atoms with Crippen LogP contribution in [0.25, 0.3) is 10.6 Å². The molecule has 34 heavy (non-hydrogen) atoms. The number of benzene rings is 2. The number of carbonyl (C=O) groups is 1. The van der Waals surface area contributed by atoms with Crippen molar-refractivity contribution in [1.29, 1.82) is 0 Å². The number of halogens is 1. The van der Waals surface area contributed by atoms with E-state index in [-0.39, 0.29) is 12.5 Å². The third-order valence-electron chi connectivity index (χ3n) is 4.51. The highest BCUT2D eigenvalue weighted by Crippen LogP contribution is 2.28. The lowest BCUT2D eigenvalue weighted by Crippen LogP contribution is -2.18. The van der Waals surface area contributed by atoms with Crippen molar-refractivity contribution in [3.05, 3.63) is 75.9 Å². The van der Waals surface area contributed by atoms with E-state index in [1.807, 2.05) is 37.3 Å². The molecular formula is C23H24ClN7O2S. The number of nitrogens with two attached hydrogens (primary N) is 1. The molecule has 2 aromatic heterocycles. The van der Waals surface area contributed by atoms with Crippen molar-refractivity contribution in [2.45, 2.75) is 13.3 Å². The number of hydrogen-bond acceptors (Lipinski definition) is 9. The minimum atomic E-state index is -0.256. The van der Waals surface area contributed by atoms with Crippen molar-refractivity contribution in [1.82, 2.24) is 25.5 Å². The van der Waals surface area contributed by atoms with Crippen LogP contribution in [0.4, 0.5) is 17.5 Å². The maximum atomic E-state index is 11.7. The summed E-state index contributed by atoms with van der Waals surface area (Å²) in [6.07, 6.45) is 2.35. The largest absolute Gasteiger partial charge is 0.396 e. The smallest absolute Gasteiger partial charge is 0.252 e. The quantitative estimate of drug-likeness (QED) is 0.315. The van der Waals surface area contributed by atoms with Gasteiger partial charge in [-0.25, -0.2) is 4.98 Å². The van der Waals surface area contributed by atoms with E-state index < -0.39 is 0 Å². The van der Waals surface area contributed by atoms with Crippen molar-refractivity contribution in [3.63, 3.8) is 0 Å². The molecular weight excluding hydrogens is 474 g/mol. The molecule has 5 N–H and O–H groups in total. The maximum Gasteiger partial charge on any atom is 0.252 e. The number of nitrogens with zero attached hydrogens (tertiary/aromatic N) is 4. The summed E-state index contributed by atoms with van der Waals surface area (Å²) >= 11 is 7.54. The number of anilines is 3. The van der Waals surface area contributed by atoms with E-state index in [9.17, 15) is 4.79 Å². The fourth-order valence-electron chi connectivity index (χ4n) is 2.84. The van der Waals surface area contributed by atoms with Gasteiger partial charge in [-0.3, -0.25) is 4.79 Å². The summed E-state index contributed by atoms with van der Waals surface area (Å²) in [5.74, 6) is 0.349. The Morgan fingerprint density at radius 3 is 2.53 bits per heavy atom. The van der Waals surface area contributed by atoms with Crippen LogP contribution in [-0.2, 0) is 6.42 Å². The molecule has 0 saturated heterocycles. The SMILES string of the molecule is CNC(=O)c1ccc(Nc2ncc(-c3nnc(C)s3)c(N)n2)cc1Cl.OCCc1ccccc1. The number of aromatic nitrogens is 4. The Kier molecular flexibility index (Phi) is 8.86. The van der Waals surface area contributed by atoms with Gasteiger partial charge in [0.15, 0.2) is 5.01 Å². The molecule has 0 unspecified atom stereocenters. The topological polar surface area (TPSA) is 139 Å². The molecule has 0 atom stereocenters. The summed E-state index contributed by atoms with van der Waals surface area (Å²) < 4.78 is 0. The Balaban J connectivity index is 0.000000302. The first-order valence-corrected chi connectivity index (χ1v) is 11.5. The highest BCUT2D eigenvalue weighted by atomic mass is 35.5. The Hall–Kier alpha value is -3.60. The third-order valence-corrected chi connectivity index (χ3v) is 5.70. The van der Waals surface area contributed by atoms with Gasteiger partial charge in [0.2, 0.25) is 5.95 Å². The highest BCUT2D eigenvalue weighted by molar-refractivity contribution is 7.14. The Labute approximate surface area is 206 Å². The molecule has 0 aliphatic heterocycles. The van der Waals surface area contributed by atoms with Gasteiger partial charge in [-0.2, -0.15) is 4.98 Å². The molecule has 4 rings (SSSR count). The van der Waals surface area contributed by atoms with Crippen LogP contribution in [0, 0.1) is 6.92 Å². The van der Waals surface area contributed by atoms with Gasteiger partial charge < -0.3 is 21.5 Å². The molecule has 0 bridgehead atoms. The fraction of sp³-hybridized carbons (Fsp3) is 0.174. The molecule has 2 heterocycles. The minimum absolute atomic E-state index is 0.240. The van der Waals surface area contributed by atoms with Gasteiger partial charge in [0, 0.05) is 25.5 Å². The van der Waals surface area contributed by atoms with Crippen LogP contribution in [0.3, 0.4) is 0 Å². The summed E-state index contributed by atoms with van der Waals surface area (Å²) in [4.78, 5) is 20.1. The Morgan fingerprint density at radius 2 is 1.94 bits per heavy atom. The van der Waals surface area contributed by atoms with Crippen molar-refractivity contribution < 1.29 is 9.90 Å². The third kappa shape index (κ3) is 6.70. The van der Waals surface area contributed by atoms with Gasteiger partial charge in [-0.15, -0.1) is 10.2 Å². The normalized spacial score (nSPS) is 10.2. The number of aliphatic hydroxyl groups excluding tert-OH is 1. The van der Waals surface area contributed by atoms with Crippen molar-refractivity contribution in [3.8, 4) is 10.6 Å². The lowest BCUT2D eigenvalue weighted by atomic mass is 10.2. The second kappa shape index (κ2) is 12.0. The zero-order valence-electron chi connectivity index (χ0n) is 18.6. The molecule has 0 radical (unpaired) electrons. The molecule has 0 spiro atoms. The van der Waals surface area contributed by atoms with Crippen LogP contribution in [0.2, 0.25) is 5.02 Å². The molecule has 2 aromatic carbocycles. The van der Waals surface area contributed by atoms with E-state index >= 15 is 0 Å². The van der Waals surface area contributed by atoms with E-state index in [2.05, 4.69) is 30.8 Å². The number of rotatable bonds is 6. The Morgan fingerprint density at radius 1 is 1.18 bits per heavy atom. The second-order valence-corrected chi connectivity index (χ2v) is 8.57. The average Bonchev–Trinajstić information content (AvgIpc) is 3.26. The fourth-order valence-corrected chi connectivity index (χ4v) is 3.82. The van der Waals surface area contributed by atoms with E-state index in [1.165, 1.54) is 16.9 Å². The number of amides is 1. The van der Waals surface area contributed by atoms with E-state index in [4.69, 9.17) is 22.4 Å². The van der Waals surface area contributed by atoms with Gasteiger partial charge in [0.1, 0.15) is 10.8 Å². The maximum absolute atomic E-state index is 11.7. The van der Waals surface area contributed by atoms with Crippen LogP contribution < -0.4 is 16.4 Å². The number of nitrogen functional groups attached to an aromatic ring is 1. The molecule has 9 nitrogen and oxygen atoms in total. The standard InChI is InChI=1S/C15H14ClN7OS.C8H10O/c1-7-22-23-14(25-7)10-6-19-15(21-12(10)17)20-8-3-4-9(11(16)5-8)13(24)18-2;9-7-6-8-4-2-1-3-5-8/h3-6H,1-2H3,(H,18,24)(H3,17,19,20,21);1-5,9H,6-7H2. The zero-order valence-corrected chi connectivity index (χ0v) is 20.2. The second-order valence-electron chi connectivity index (χ2n) is 6.98. The number of carbonyl (C=O) groups excluding carboxylic acids is 1. The monoisotopic (exact) mass is 497 g/mol. The summed E-state index contributed by atoms with van der Waals surface area (Å²) in [5.41, 5.74) is 8.84. The van der Waals surface area contributed by atoms with E-state index in [0.717, 1.165) is 11.4 Å². The summed E-state index contributed by atoms with van der Waals surface area (Å²) in [6, 6.07) is 14.9. The van der Waals surface area contributed by atoms with Gasteiger partial charge >= 0.3 is 0 Å². The van der Waals surface area contributed by atoms with Crippen LogP contribution >= 0.6 is 22.9 Å². The number of nitrogens with one attached hydrogen (secondary N) is 2. The predicted octanol–water partition coefficient (Wildman–Crippen LogP) is 3.86. The van der Waals surface area contributed by atoms with Gasteiger partial charge in [0.05, 0.1) is 16.1 Å². The first-order chi connectivity index (χ1) is 16.4. The van der Waals surface area contributed by atoms with Gasteiger partial charge in [-0.1, -0.05) is 53.3 Å². The van der Waals surface area contributed by atoms with Crippen LogP contribution in [0.5, 0.6) is 0 Å². The Bertz CT molecular complexity index is 1250. The van der Waals surface area contributed by atoms with E-state index in [1.54, 1.807) is 31.4 Å². The molecule has 11 heteroatoms. The number of hydrogen-bond donors (Lipinski definition) is 4. The van der Waals surface area contributed by atoms with Crippen LogP contribution in [0.1, 0.15) is 20.9 Å². The van der Waals surface area contributed by atoms with Crippen LogP contribution in [-0.4, -0.2) is 44.8 Å². The van der Waals surface area contributed by atoms with Crippen molar-refractivity contribution in [2.24, 2.45) is 0 Å². The number of aliphatic hydroxyl groups is 1. The summed E-state index contributed by atoms with van der Waals surface area (Å²) in [6.45, 7) is 2.10.